The molecule has 6 heteroatoms. The fourth-order valence-electron chi connectivity index (χ4n) is 2.20. The molecule has 0 aliphatic carbocycles. The number of amides is 1. The molecule has 0 aliphatic heterocycles. The molecular weight excluding hydrogens is 260 g/mol. The Balaban J connectivity index is 2.92. The zero-order valence-corrected chi connectivity index (χ0v) is 12.8. The largest absolute Gasteiger partial charge is 0.392 e. The number of rotatable bonds is 6. The van der Waals surface area contributed by atoms with Gasteiger partial charge in [0.2, 0.25) is 5.91 Å². The maximum Gasteiger partial charge on any atom is 0.235 e. The van der Waals surface area contributed by atoms with Gasteiger partial charge in [-0.05, 0) is 12.8 Å². The number of aromatic nitrogens is 2. The SMILES string of the molecule is CCC(CC)(C(=O)N(C)Cc1nccn1C)C(N)=S. The van der Waals surface area contributed by atoms with Crippen molar-refractivity contribution in [3.8, 4) is 0 Å². The number of hydrogen-bond acceptors (Lipinski definition) is 3. The third-order valence-electron chi connectivity index (χ3n) is 3.73. The highest BCUT2D eigenvalue weighted by Crippen LogP contribution is 2.29. The summed E-state index contributed by atoms with van der Waals surface area (Å²) in [6.07, 6.45) is 4.80. The molecule has 0 saturated carbocycles. The molecule has 0 bridgehead atoms. The van der Waals surface area contributed by atoms with Gasteiger partial charge in [0, 0.05) is 26.5 Å². The Labute approximate surface area is 119 Å². The number of carbonyl (C=O) groups excluding carboxylic acids is 1. The lowest BCUT2D eigenvalue weighted by Gasteiger charge is -2.33. The highest BCUT2D eigenvalue weighted by atomic mass is 32.1. The van der Waals surface area contributed by atoms with Crippen LogP contribution < -0.4 is 5.73 Å². The van der Waals surface area contributed by atoms with Crippen LogP contribution in [0.25, 0.3) is 0 Å². The number of thiocarbonyl (C=S) groups is 1. The normalized spacial score (nSPS) is 11.4. The van der Waals surface area contributed by atoms with Gasteiger partial charge in [-0.3, -0.25) is 4.79 Å². The van der Waals surface area contributed by atoms with Crippen molar-refractivity contribution in [3.63, 3.8) is 0 Å². The smallest absolute Gasteiger partial charge is 0.235 e. The zero-order chi connectivity index (χ0) is 14.6. The summed E-state index contributed by atoms with van der Waals surface area (Å²) >= 11 is 5.11. The van der Waals surface area contributed by atoms with E-state index in [1.165, 1.54) is 0 Å². The molecule has 1 amide bonds. The molecule has 2 N–H and O–H groups in total. The molecule has 1 rings (SSSR count). The summed E-state index contributed by atoms with van der Waals surface area (Å²) in [4.78, 5) is 18.8. The van der Waals surface area contributed by atoms with Gasteiger partial charge in [-0.2, -0.15) is 0 Å². The minimum atomic E-state index is -0.741. The van der Waals surface area contributed by atoms with Crippen molar-refractivity contribution in [2.45, 2.75) is 33.2 Å². The molecule has 1 heterocycles. The van der Waals surface area contributed by atoms with E-state index in [4.69, 9.17) is 18.0 Å². The van der Waals surface area contributed by atoms with Gasteiger partial charge in [0.1, 0.15) is 5.82 Å². The summed E-state index contributed by atoms with van der Waals surface area (Å²) in [7, 11) is 3.66. The van der Waals surface area contributed by atoms with E-state index in [0.29, 0.717) is 19.4 Å². The van der Waals surface area contributed by atoms with E-state index in [1.807, 2.05) is 31.7 Å². The predicted octanol–water partition coefficient (Wildman–Crippen LogP) is 1.47. The molecule has 5 nitrogen and oxygen atoms in total. The maximum atomic E-state index is 12.6. The summed E-state index contributed by atoms with van der Waals surface area (Å²) in [6.45, 7) is 4.33. The Hall–Kier alpha value is -1.43. The highest BCUT2D eigenvalue weighted by molar-refractivity contribution is 7.80. The van der Waals surface area contributed by atoms with E-state index in [0.717, 1.165) is 5.82 Å². The first kappa shape index (κ1) is 15.6. The number of carbonyl (C=O) groups is 1. The second kappa shape index (κ2) is 6.14. The minimum absolute atomic E-state index is 0.0343. The van der Waals surface area contributed by atoms with Gasteiger partial charge in [0.05, 0.1) is 16.9 Å². The third kappa shape index (κ3) is 2.94. The molecule has 0 spiro atoms. The van der Waals surface area contributed by atoms with E-state index in [1.54, 1.807) is 18.1 Å². The lowest BCUT2D eigenvalue weighted by Crippen LogP contribution is -2.48. The van der Waals surface area contributed by atoms with Crippen molar-refractivity contribution in [2.24, 2.45) is 18.2 Å². The van der Waals surface area contributed by atoms with Crippen molar-refractivity contribution in [2.75, 3.05) is 7.05 Å². The monoisotopic (exact) mass is 282 g/mol. The molecule has 0 aliphatic rings. The van der Waals surface area contributed by atoms with Crippen LogP contribution in [-0.4, -0.2) is 32.4 Å². The third-order valence-corrected chi connectivity index (χ3v) is 4.13. The van der Waals surface area contributed by atoms with Crippen molar-refractivity contribution in [1.29, 1.82) is 0 Å². The minimum Gasteiger partial charge on any atom is -0.392 e. The lowest BCUT2D eigenvalue weighted by molar-refractivity contribution is -0.138. The van der Waals surface area contributed by atoms with Crippen molar-refractivity contribution in [3.05, 3.63) is 18.2 Å². The molecule has 0 radical (unpaired) electrons. The summed E-state index contributed by atoms with van der Waals surface area (Å²) in [6, 6.07) is 0. The molecule has 0 fully saturated rings. The topological polar surface area (TPSA) is 64.2 Å². The van der Waals surface area contributed by atoms with Crippen LogP contribution in [0.5, 0.6) is 0 Å². The quantitative estimate of drug-likeness (QED) is 0.803. The summed E-state index contributed by atoms with van der Waals surface area (Å²) in [5, 5.41) is 0. The Morgan fingerprint density at radius 3 is 2.47 bits per heavy atom. The Bertz CT molecular complexity index is 465. The number of aryl methyl sites for hydroxylation is 1. The number of hydrogen-bond donors (Lipinski definition) is 1. The Kier molecular flexibility index (Phi) is 5.05. The highest BCUT2D eigenvalue weighted by Gasteiger charge is 2.40. The van der Waals surface area contributed by atoms with Gasteiger partial charge in [-0.1, -0.05) is 26.1 Å². The van der Waals surface area contributed by atoms with Crippen LogP contribution in [0.3, 0.4) is 0 Å². The van der Waals surface area contributed by atoms with Gasteiger partial charge >= 0.3 is 0 Å². The van der Waals surface area contributed by atoms with Crippen LogP contribution in [0.15, 0.2) is 12.4 Å². The van der Waals surface area contributed by atoms with Crippen molar-refractivity contribution >= 4 is 23.1 Å². The first-order valence-corrected chi connectivity index (χ1v) is 6.81. The van der Waals surface area contributed by atoms with Crippen molar-refractivity contribution < 1.29 is 4.79 Å². The van der Waals surface area contributed by atoms with E-state index >= 15 is 0 Å². The van der Waals surface area contributed by atoms with E-state index < -0.39 is 5.41 Å². The van der Waals surface area contributed by atoms with Crippen LogP contribution in [0.4, 0.5) is 0 Å². The van der Waals surface area contributed by atoms with Crippen molar-refractivity contribution in [1.82, 2.24) is 14.5 Å². The van der Waals surface area contributed by atoms with Gasteiger partial charge in [0.15, 0.2) is 0 Å². The van der Waals surface area contributed by atoms with E-state index in [9.17, 15) is 4.79 Å². The average Bonchev–Trinajstić information content (AvgIpc) is 2.76. The van der Waals surface area contributed by atoms with Gasteiger partial charge < -0.3 is 15.2 Å². The molecule has 1 aromatic heterocycles. The zero-order valence-electron chi connectivity index (χ0n) is 12.0. The standard InChI is InChI=1S/C13H22N4OS/c1-5-13(6-2,11(14)19)12(18)17(4)9-10-15-7-8-16(10)3/h7-8H,5-6,9H2,1-4H3,(H2,14,19). The fraction of sp³-hybridized carbons (Fsp3) is 0.615. The molecule has 0 unspecified atom stereocenters. The fourth-order valence-corrected chi connectivity index (χ4v) is 2.58. The number of imidazole rings is 1. The average molecular weight is 282 g/mol. The predicted molar refractivity (Wildman–Crippen MR) is 79.5 cm³/mol. The van der Waals surface area contributed by atoms with Gasteiger partial charge in [-0.25, -0.2) is 4.98 Å². The van der Waals surface area contributed by atoms with Crippen LogP contribution in [0.1, 0.15) is 32.5 Å². The summed E-state index contributed by atoms with van der Waals surface area (Å²) in [5.41, 5.74) is 5.06. The number of nitrogens with two attached hydrogens (primary N) is 1. The van der Waals surface area contributed by atoms with E-state index in [-0.39, 0.29) is 10.9 Å². The molecule has 0 aromatic carbocycles. The number of nitrogens with zero attached hydrogens (tertiary/aromatic N) is 3. The molecule has 0 atom stereocenters. The first-order chi connectivity index (χ1) is 8.89. The van der Waals surface area contributed by atoms with Crippen LogP contribution in [0.2, 0.25) is 0 Å². The van der Waals surface area contributed by atoms with Gasteiger partial charge in [0.25, 0.3) is 0 Å². The molecule has 19 heavy (non-hydrogen) atoms. The van der Waals surface area contributed by atoms with Crippen LogP contribution in [-0.2, 0) is 18.4 Å². The summed E-state index contributed by atoms with van der Waals surface area (Å²) in [5.74, 6) is 0.799. The molecule has 0 saturated heterocycles. The first-order valence-electron chi connectivity index (χ1n) is 6.40. The summed E-state index contributed by atoms with van der Waals surface area (Å²) < 4.78 is 1.89. The molecular formula is C13H22N4OS. The van der Waals surface area contributed by atoms with Crippen LogP contribution >= 0.6 is 12.2 Å². The van der Waals surface area contributed by atoms with Crippen LogP contribution in [0, 0.1) is 5.41 Å². The maximum absolute atomic E-state index is 12.6. The van der Waals surface area contributed by atoms with E-state index in [2.05, 4.69) is 4.98 Å². The molecule has 106 valence electrons. The Morgan fingerprint density at radius 1 is 1.53 bits per heavy atom. The van der Waals surface area contributed by atoms with Gasteiger partial charge in [-0.15, -0.1) is 0 Å². The second-order valence-electron chi connectivity index (χ2n) is 4.77. The lowest BCUT2D eigenvalue weighted by atomic mass is 9.81. The molecule has 1 aromatic rings. The second-order valence-corrected chi connectivity index (χ2v) is 5.21. The Morgan fingerprint density at radius 2 is 2.11 bits per heavy atom.